The van der Waals surface area contributed by atoms with Crippen LogP contribution in [0.15, 0.2) is 0 Å². The van der Waals surface area contributed by atoms with E-state index in [0.29, 0.717) is 18.8 Å². The molecule has 4 fully saturated rings. The van der Waals surface area contributed by atoms with Crippen molar-refractivity contribution in [1.29, 1.82) is 0 Å². The molecule has 4 aliphatic rings. The van der Waals surface area contributed by atoms with E-state index in [0.717, 1.165) is 19.3 Å². The lowest BCUT2D eigenvalue weighted by Gasteiger charge is -2.62. The van der Waals surface area contributed by atoms with Crippen molar-refractivity contribution < 1.29 is 15.0 Å². The average Bonchev–Trinajstić information content (AvgIpc) is 2.11. The first-order valence-electron chi connectivity index (χ1n) is 6.23. The smallest absolute Gasteiger partial charge is 0.320 e. The standard InChI is InChI=1S/C12H18ClNO3/c13-11-2-6-1-7(4-11)8(9(14)10(15)16)12(17,3-6)5-11/h6-9,17H,1-5,14H2,(H,15,16)/t6-,7+,8-,9-,11+,12+/m0/s1. The minimum Gasteiger partial charge on any atom is -0.480 e. The molecule has 4 N–H and O–H groups in total. The third-order valence-corrected chi connectivity index (χ3v) is 5.43. The molecule has 0 aromatic carbocycles. The summed E-state index contributed by atoms with van der Waals surface area (Å²) in [5, 5.41) is 19.8. The Morgan fingerprint density at radius 1 is 1.41 bits per heavy atom. The van der Waals surface area contributed by atoms with E-state index in [2.05, 4.69) is 0 Å². The number of hydrogen-bond donors (Lipinski definition) is 3. The number of halogens is 1. The van der Waals surface area contributed by atoms with E-state index in [1.54, 1.807) is 0 Å². The maximum absolute atomic E-state index is 11.1. The number of alkyl halides is 1. The van der Waals surface area contributed by atoms with Crippen LogP contribution in [0.5, 0.6) is 0 Å². The zero-order valence-electron chi connectivity index (χ0n) is 9.60. The van der Waals surface area contributed by atoms with Gasteiger partial charge in [-0.2, -0.15) is 0 Å². The molecule has 0 aliphatic heterocycles. The lowest BCUT2D eigenvalue weighted by molar-refractivity contribution is -0.180. The van der Waals surface area contributed by atoms with Crippen molar-refractivity contribution in [2.45, 2.75) is 48.6 Å². The van der Waals surface area contributed by atoms with Crippen molar-refractivity contribution >= 4 is 17.6 Å². The summed E-state index contributed by atoms with van der Waals surface area (Å²) in [5.41, 5.74) is 4.81. The summed E-state index contributed by atoms with van der Waals surface area (Å²) in [5.74, 6) is -0.727. The van der Waals surface area contributed by atoms with Gasteiger partial charge < -0.3 is 15.9 Å². The van der Waals surface area contributed by atoms with Crippen LogP contribution in [0.4, 0.5) is 0 Å². The minimum absolute atomic E-state index is 0.171. The number of aliphatic carboxylic acids is 1. The lowest BCUT2D eigenvalue weighted by atomic mass is 9.48. The highest BCUT2D eigenvalue weighted by Gasteiger charge is 2.63. The second kappa shape index (κ2) is 3.37. The summed E-state index contributed by atoms with van der Waals surface area (Å²) >= 11 is 6.52. The van der Waals surface area contributed by atoms with E-state index in [9.17, 15) is 9.90 Å². The number of carbonyl (C=O) groups is 1. The molecule has 0 heterocycles. The number of nitrogens with two attached hydrogens (primary N) is 1. The van der Waals surface area contributed by atoms with Crippen LogP contribution in [0.1, 0.15) is 32.1 Å². The molecule has 6 atom stereocenters. The quantitative estimate of drug-likeness (QED) is 0.645. The fourth-order valence-corrected chi connectivity index (χ4v) is 5.48. The predicted octanol–water partition coefficient (Wildman–Crippen LogP) is 0.947. The Bertz CT molecular complexity index is 377. The Balaban J connectivity index is 1.95. The lowest BCUT2D eigenvalue weighted by Crippen LogP contribution is -2.67. The molecule has 5 heteroatoms. The van der Waals surface area contributed by atoms with Crippen LogP contribution >= 0.6 is 11.6 Å². The molecule has 4 bridgehead atoms. The third kappa shape index (κ3) is 1.61. The van der Waals surface area contributed by atoms with Gasteiger partial charge in [0, 0.05) is 10.8 Å². The van der Waals surface area contributed by atoms with Gasteiger partial charge in [0.05, 0.1) is 5.60 Å². The zero-order chi connectivity index (χ0) is 12.4. The van der Waals surface area contributed by atoms with E-state index < -0.39 is 17.6 Å². The Kier molecular flexibility index (Phi) is 2.33. The number of carboxylic acids is 1. The molecule has 0 aromatic rings. The fourth-order valence-electron chi connectivity index (χ4n) is 4.83. The monoisotopic (exact) mass is 259 g/mol. The van der Waals surface area contributed by atoms with Crippen molar-refractivity contribution in [2.75, 3.05) is 0 Å². The number of rotatable bonds is 2. The van der Waals surface area contributed by atoms with Gasteiger partial charge in [-0.05, 0) is 43.9 Å². The van der Waals surface area contributed by atoms with E-state index in [-0.39, 0.29) is 16.7 Å². The molecule has 4 rings (SSSR count). The summed E-state index contributed by atoms with van der Waals surface area (Å²) in [6.07, 6.45) is 3.91. The molecule has 0 amide bonds. The molecule has 0 saturated heterocycles. The molecule has 0 spiro atoms. The van der Waals surface area contributed by atoms with Gasteiger partial charge >= 0.3 is 5.97 Å². The summed E-state index contributed by atoms with van der Waals surface area (Å²) < 4.78 is 0. The molecule has 4 aliphatic carbocycles. The topological polar surface area (TPSA) is 83.6 Å². The van der Waals surface area contributed by atoms with Crippen LogP contribution in [-0.4, -0.2) is 32.7 Å². The number of aliphatic hydroxyl groups is 1. The van der Waals surface area contributed by atoms with Gasteiger partial charge in [0.2, 0.25) is 0 Å². The van der Waals surface area contributed by atoms with E-state index in [1.165, 1.54) is 0 Å². The highest BCUT2D eigenvalue weighted by molar-refractivity contribution is 6.24. The number of hydrogen-bond acceptors (Lipinski definition) is 3. The largest absolute Gasteiger partial charge is 0.480 e. The Hall–Kier alpha value is -0.320. The average molecular weight is 260 g/mol. The molecule has 4 saturated carbocycles. The summed E-state index contributed by atoms with van der Waals surface area (Å²) in [6, 6.07) is -0.967. The van der Waals surface area contributed by atoms with Crippen molar-refractivity contribution in [2.24, 2.45) is 23.5 Å². The van der Waals surface area contributed by atoms with Crippen LogP contribution in [0.2, 0.25) is 0 Å². The summed E-state index contributed by atoms with van der Waals surface area (Å²) in [4.78, 5) is 10.8. The summed E-state index contributed by atoms with van der Waals surface area (Å²) in [7, 11) is 0. The zero-order valence-corrected chi connectivity index (χ0v) is 10.4. The Morgan fingerprint density at radius 3 is 2.65 bits per heavy atom. The number of carboxylic acid groups (broad SMARTS) is 1. The molecule has 0 aromatic heterocycles. The van der Waals surface area contributed by atoms with Crippen molar-refractivity contribution in [3.8, 4) is 0 Å². The van der Waals surface area contributed by atoms with Gasteiger partial charge in [-0.3, -0.25) is 4.79 Å². The van der Waals surface area contributed by atoms with Crippen molar-refractivity contribution in [1.82, 2.24) is 0 Å². The maximum Gasteiger partial charge on any atom is 0.320 e. The van der Waals surface area contributed by atoms with E-state index in [1.807, 2.05) is 0 Å². The fraction of sp³-hybridized carbons (Fsp3) is 0.917. The van der Waals surface area contributed by atoms with Gasteiger partial charge in [0.25, 0.3) is 0 Å². The van der Waals surface area contributed by atoms with Crippen LogP contribution in [0.25, 0.3) is 0 Å². The van der Waals surface area contributed by atoms with Crippen molar-refractivity contribution in [3.05, 3.63) is 0 Å². The second-order valence-electron chi connectivity index (χ2n) is 6.30. The maximum atomic E-state index is 11.1. The SMILES string of the molecule is N[C@H](C(=O)O)[C@@H]1[C@@H]2C[C@H]3C[C@@](Cl)(C2)C[C@]1(O)C3. The van der Waals surface area contributed by atoms with Crippen LogP contribution in [-0.2, 0) is 4.79 Å². The Labute approximate surface area is 105 Å². The molecule has 0 unspecified atom stereocenters. The van der Waals surface area contributed by atoms with E-state index >= 15 is 0 Å². The molecular weight excluding hydrogens is 242 g/mol. The third-order valence-electron chi connectivity index (χ3n) is 4.98. The van der Waals surface area contributed by atoms with Gasteiger partial charge in [-0.1, -0.05) is 0 Å². The molecule has 17 heavy (non-hydrogen) atoms. The first-order valence-corrected chi connectivity index (χ1v) is 6.60. The van der Waals surface area contributed by atoms with Crippen LogP contribution in [0.3, 0.4) is 0 Å². The molecule has 96 valence electrons. The van der Waals surface area contributed by atoms with Gasteiger partial charge in [0.15, 0.2) is 0 Å². The second-order valence-corrected chi connectivity index (χ2v) is 7.10. The normalized spacial score (nSPS) is 53.7. The van der Waals surface area contributed by atoms with E-state index in [4.69, 9.17) is 22.4 Å². The van der Waals surface area contributed by atoms with Gasteiger partial charge in [0.1, 0.15) is 6.04 Å². The van der Waals surface area contributed by atoms with Crippen LogP contribution in [0, 0.1) is 17.8 Å². The van der Waals surface area contributed by atoms with Crippen LogP contribution < -0.4 is 5.73 Å². The first-order chi connectivity index (χ1) is 7.83. The molecule has 0 radical (unpaired) electrons. The van der Waals surface area contributed by atoms with Gasteiger partial charge in [-0.25, -0.2) is 0 Å². The Morgan fingerprint density at radius 2 is 2.12 bits per heavy atom. The minimum atomic E-state index is -1.01. The highest BCUT2D eigenvalue weighted by atomic mass is 35.5. The highest BCUT2D eigenvalue weighted by Crippen LogP contribution is 2.62. The van der Waals surface area contributed by atoms with Crippen molar-refractivity contribution in [3.63, 3.8) is 0 Å². The molecule has 4 nitrogen and oxygen atoms in total. The first kappa shape index (κ1) is 11.8. The molecular formula is C12H18ClNO3. The summed E-state index contributed by atoms with van der Waals surface area (Å²) in [6.45, 7) is 0. The van der Waals surface area contributed by atoms with Gasteiger partial charge in [-0.15, -0.1) is 11.6 Å². The predicted molar refractivity (Wildman–Crippen MR) is 62.7 cm³/mol.